The van der Waals surface area contributed by atoms with Crippen molar-refractivity contribution < 1.29 is 4.39 Å². The van der Waals surface area contributed by atoms with Crippen LogP contribution in [-0.2, 0) is 12.0 Å². The number of rotatable bonds is 1. The van der Waals surface area contributed by atoms with Crippen molar-refractivity contribution in [2.45, 2.75) is 39.7 Å². The first-order valence-electron chi connectivity index (χ1n) is 5.45. The Morgan fingerprint density at radius 1 is 1.31 bits per heavy atom. The van der Waals surface area contributed by atoms with Crippen molar-refractivity contribution in [3.05, 3.63) is 24.0 Å². The molecule has 0 fully saturated rings. The van der Waals surface area contributed by atoms with E-state index in [-0.39, 0.29) is 11.2 Å². The van der Waals surface area contributed by atoms with Crippen LogP contribution in [-0.4, -0.2) is 14.5 Å². The summed E-state index contributed by atoms with van der Waals surface area (Å²) in [5, 5.41) is 0. The van der Waals surface area contributed by atoms with Gasteiger partial charge in [-0.2, -0.15) is 0 Å². The SMILES string of the molecule is CCn1cnc2c(C(C)(C)C)ncc(F)c21. The Morgan fingerprint density at radius 2 is 2.00 bits per heavy atom. The van der Waals surface area contributed by atoms with Crippen LogP contribution in [0.5, 0.6) is 0 Å². The maximum atomic E-state index is 13.7. The number of hydrogen-bond donors (Lipinski definition) is 0. The molecule has 0 amide bonds. The molecule has 0 aliphatic carbocycles. The topological polar surface area (TPSA) is 30.7 Å². The molecule has 2 rings (SSSR count). The Labute approximate surface area is 94.3 Å². The minimum absolute atomic E-state index is 0.126. The van der Waals surface area contributed by atoms with Crippen molar-refractivity contribution in [3.8, 4) is 0 Å². The zero-order valence-corrected chi connectivity index (χ0v) is 10.1. The highest BCUT2D eigenvalue weighted by Gasteiger charge is 2.22. The molecule has 0 radical (unpaired) electrons. The summed E-state index contributed by atoms with van der Waals surface area (Å²) in [6.07, 6.45) is 2.96. The van der Waals surface area contributed by atoms with E-state index < -0.39 is 0 Å². The molecule has 0 aliphatic rings. The average molecular weight is 221 g/mol. The van der Waals surface area contributed by atoms with Crippen LogP contribution in [0.1, 0.15) is 33.4 Å². The lowest BCUT2D eigenvalue weighted by Crippen LogP contribution is -2.14. The third-order valence-electron chi connectivity index (χ3n) is 2.65. The van der Waals surface area contributed by atoms with Crippen LogP contribution in [0.4, 0.5) is 4.39 Å². The number of halogens is 1. The van der Waals surface area contributed by atoms with E-state index in [0.29, 0.717) is 17.6 Å². The summed E-state index contributed by atoms with van der Waals surface area (Å²) in [5.74, 6) is -0.303. The molecule has 0 aliphatic heterocycles. The maximum absolute atomic E-state index is 13.7. The van der Waals surface area contributed by atoms with Crippen LogP contribution in [0.25, 0.3) is 11.0 Å². The fraction of sp³-hybridized carbons (Fsp3) is 0.500. The van der Waals surface area contributed by atoms with Gasteiger partial charge < -0.3 is 4.57 Å². The minimum atomic E-state index is -0.303. The van der Waals surface area contributed by atoms with Gasteiger partial charge in [0, 0.05) is 12.0 Å². The third-order valence-corrected chi connectivity index (χ3v) is 2.65. The monoisotopic (exact) mass is 221 g/mol. The summed E-state index contributed by atoms with van der Waals surface area (Å²) >= 11 is 0. The average Bonchev–Trinajstić information content (AvgIpc) is 2.60. The van der Waals surface area contributed by atoms with Crippen molar-refractivity contribution in [2.75, 3.05) is 0 Å². The molecule has 2 aromatic heterocycles. The predicted molar refractivity (Wildman–Crippen MR) is 61.9 cm³/mol. The first-order chi connectivity index (χ1) is 7.45. The van der Waals surface area contributed by atoms with Crippen molar-refractivity contribution in [3.63, 3.8) is 0 Å². The number of imidazole rings is 1. The van der Waals surface area contributed by atoms with E-state index in [9.17, 15) is 4.39 Å². The van der Waals surface area contributed by atoms with E-state index in [1.165, 1.54) is 6.20 Å². The largest absolute Gasteiger partial charge is 0.328 e. The summed E-state index contributed by atoms with van der Waals surface area (Å²) in [4.78, 5) is 8.45. The Bertz CT molecular complexity index is 523. The molecule has 0 aromatic carbocycles. The van der Waals surface area contributed by atoms with Gasteiger partial charge in [0.05, 0.1) is 18.2 Å². The lowest BCUT2D eigenvalue weighted by Gasteiger charge is -2.18. The second-order valence-corrected chi connectivity index (χ2v) is 4.93. The Balaban J connectivity index is 2.81. The van der Waals surface area contributed by atoms with Crippen LogP contribution in [0, 0.1) is 5.82 Å². The zero-order chi connectivity index (χ0) is 11.9. The number of aryl methyl sites for hydroxylation is 1. The Morgan fingerprint density at radius 3 is 2.56 bits per heavy atom. The van der Waals surface area contributed by atoms with E-state index >= 15 is 0 Å². The van der Waals surface area contributed by atoms with Crippen molar-refractivity contribution >= 4 is 11.0 Å². The van der Waals surface area contributed by atoms with Gasteiger partial charge in [0.2, 0.25) is 0 Å². The van der Waals surface area contributed by atoms with Crippen LogP contribution >= 0.6 is 0 Å². The van der Waals surface area contributed by atoms with Gasteiger partial charge >= 0.3 is 0 Å². The summed E-state index contributed by atoms with van der Waals surface area (Å²) < 4.78 is 15.5. The summed E-state index contributed by atoms with van der Waals surface area (Å²) in [6, 6.07) is 0. The molecule has 0 atom stereocenters. The molecule has 0 unspecified atom stereocenters. The first-order valence-corrected chi connectivity index (χ1v) is 5.45. The second kappa shape index (κ2) is 3.54. The number of aromatic nitrogens is 3. The van der Waals surface area contributed by atoms with E-state index in [2.05, 4.69) is 30.7 Å². The van der Waals surface area contributed by atoms with Gasteiger partial charge in [-0.15, -0.1) is 0 Å². The quantitative estimate of drug-likeness (QED) is 0.741. The summed E-state index contributed by atoms with van der Waals surface area (Å²) in [6.45, 7) is 8.84. The lowest BCUT2D eigenvalue weighted by molar-refractivity contribution is 0.565. The molecule has 0 spiro atoms. The van der Waals surface area contributed by atoms with E-state index in [1.54, 1.807) is 6.33 Å². The molecule has 0 N–H and O–H groups in total. The number of hydrogen-bond acceptors (Lipinski definition) is 2. The minimum Gasteiger partial charge on any atom is -0.328 e. The van der Waals surface area contributed by atoms with E-state index in [1.807, 2.05) is 11.5 Å². The van der Waals surface area contributed by atoms with Crippen molar-refractivity contribution in [1.29, 1.82) is 0 Å². The van der Waals surface area contributed by atoms with Gasteiger partial charge in [-0.1, -0.05) is 20.8 Å². The van der Waals surface area contributed by atoms with Crippen LogP contribution in [0.15, 0.2) is 12.5 Å². The van der Waals surface area contributed by atoms with E-state index in [0.717, 1.165) is 5.69 Å². The summed E-state index contributed by atoms with van der Waals surface area (Å²) in [5.41, 5.74) is 1.95. The van der Waals surface area contributed by atoms with Crippen LogP contribution in [0.2, 0.25) is 0 Å². The Hall–Kier alpha value is -1.45. The first kappa shape index (κ1) is 11.0. The van der Waals surface area contributed by atoms with Gasteiger partial charge in [-0.3, -0.25) is 4.98 Å². The molecule has 2 heterocycles. The molecule has 86 valence electrons. The molecular formula is C12H16FN3. The molecular weight excluding hydrogens is 205 g/mol. The number of fused-ring (bicyclic) bond motifs is 1. The van der Waals surface area contributed by atoms with Gasteiger partial charge in [-0.05, 0) is 6.92 Å². The molecule has 0 saturated carbocycles. The predicted octanol–water partition coefficient (Wildman–Crippen LogP) is 2.89. The second-order valence-electron chi connectivity index (χ2n) is 4.93. The van der Waals surface area contributed by atoms with Crippen LogP contribution < -0.4 is 0 Å². The fourth-order valence-electron chi connectivity index (χ4n) is 1.84. The molecule has 3 nitrogen and oxygen atoms in total. The molecule has 2 aromatic rings. The third kappa shape index (κ3) is 1.58. The maximum Gasteiger partial charge on any atom is 0.167 e. The number of pyridine rings is 1. The molecule has 0 bridgehead atoms. The standard InChI is InChI=1S/C12H16FN3/c1-5-16-7-15-9-10(16)8(13)6-14-11(9)12(2,3)4/h6-7H,5H2,1-4H3. The van der Waals surface area contributed by atoms with Gasteiger partial charge in [-0.25, -0.2) is 9.37 Å². The fourth-order valence-corrected chi connectivity index (χ4v) is 1.84. The van der Waals surface area contributed by atoms with E-state index in [4.69, 9.17) is 0 Å². The molecule has 4 heteroatoms. The van der Waals surface area contributed by atoms with Gasteiger partial charge in [0.15, 0.2) is 5.82 Å². The van der Waals surface area contributed by atoms with Gasteiger partial charge in [0.1, 0.15) is 11.0 Å². The highest BCUT2D eigenvalue weighted by molar-refractivity contribution is 5.79. The highest BCUT2D eigenvalue weighted by atomic mass is 19.1. The summed E-state index contributed by atoms with van der Waals surface area (Å²) in [7, 11) is 0. The number of nitrogens with zero attached hydrogens (tertiary/aromatic N) is 3. The smallest absolute Gasteiger partial charge is 0.167 e. The normalized spacial score (nSPS) is 12.3. The lowest BCUT2D eigenvalue weighted by atomic mass is 9.91. The highest BCUT2D eigenvalue weighted by Crippen LogP contribution is 2.28. The molecule has 0 saturated heterocycles. The van der Waals surface area contributed by atoms with Crippen molar-refractivity contribution in [2.24, 2.45) is 0 Å². The van der Waals surface area contributed by atoms with Crippen LogP contribution in [0.3, 0.4) is 0 Å². The van der Waals surface area contributed by atoms with Crippen molar-refractivity contribution in [1.82, 2.24) is 14.5 Å². The molecule has 16 heavy (non-hydrogen) atoms. The Kier molecular flexibility index (Phi) is 2.45. The van der Waals surface area contributed by atoms with Gasteiger partial charge in [0.25, 0.3) is 0 Å². The zero-order valence-electron chi connectivity index (χ0n) is 10.1.